The summed E-state index contributed by atoms with van der Waals surface area (Å²) in [5, 5.41) is 13.0. The number of likely N-dealkylation sites (N-methyl/N-ethyl adjacent to an activating group) is 1. The first-order valence-corrected chi connectivity index (χ1v) is 7.16. The molecule has 0 spiro atoms. The minimum Gasteiger partial charge on any atom is -0.359 e. The average Bonchev–Trinajstić information content (AvgIpc) is 2.69. The first-order valence-electron chi connectivity index (χ1n) is 7.16. The van der Waals surface area contributed by atoms with Crippen LogP contribution >= 0.6 is 0 Å². The van der Waals surface area contributed by atoms with E-state index < -0.39 is 0 Å². The van der Waals surface area contributed by atoms with Crippen molar-refractivity contribution in [2.45, 2.75) is 13.3 Å². The van der Waals surface area contributed by atoms with E-state index in [1.165, 1.54) is 0 Å². The summed E-state index contributed by atoms with van der Waals surface area (Å²) in [7, 11) is 1.67. The second-order valence-corrected chi connectivity index (χ2v) is 4.88. The molecule has 0 radical (unpaired) electrons. The van der Waals surface area contributed by atoms with Crippen molar-refractivity contribution in [2.75, 3.05) is 43.4 Å². The van der Waals surface area contributed by atoms with Crippen LogP contribution in [-0.2, 0) is 4.79 Å². The third-order valence-corrected chi connectivity index (χ3v) is 3.59. The van der Waals surface area contributed by atoms with Gasteiger partial charge in [-0.15, -0.1) is 0 Å². The second kappa shape index (κ2) is 7.03. The monoisotopic (exact) mass is 290 g/mol. The number of carbonyl (C=O) groups excluding carboxylic acids is 1. The summed E-state index contributed by atoms with van der Waals surface area (Å²) in [6, 6.07) is 3.63. The van der Waals surface area contributed by atoms with Gasteiger partial charge in [0.25, 0.3) is 0 Å². The maximum absolute atomic E-state index is 12.2. The Hall–Kier alpha value is -2.15. The topological polar surface area (TPSA) is 84.4 Å². The molecule has 114 valence electrons. The van der Waals surface area contributed by atoms with Crippen LogP contribution in [0.3, 0.4) is 0 Å². The van der Waals surface area contributed by atoms with Crippen molar-refractivity contribution in [2.24, 2.45) is 0 Å². The van der Waals surface area contributed by atoms with E-state index in [1.54, 1.807) is 24.2 Å². The van der Waals surface area contributed by atoms with E-state index in [0.29, 0.717) is 18.8 Å². The number of pyridine rings is 1. The summed E-state index contributed by atoms with van der Waals surface area (Å²) >= 11 is 0. The van der Waals surface area contributed by atoms with E-state index in [9.17, 15) is 4.79 Å². The molecule has 2 heterocycles. The zero-order valence-electron chi connectivity index (χ0n) is 12.5. The van der Waals surface area contributed by atoms with Gasteiger partial charge in [0.1, 0.15) is 5.82 Å². The lowest BCUT2D eigenvalue weighted by Crippen LogP contribution is -2.33. The normalized spacial score (nSPS) is 16.5. The van der Waals surface area contributed by atoms with Gasteiger partial charge in [-0.05, 0) is 18.7 Å². The number of guanidine groups is 1. The molecule has 1 saturated heterocycles. The van der Waals surface area contributed by atoms with Crippen molar-refractivity contribution in [3.05, 3.63) is 18.3 Å². The van der Waals surface area contributed by atoms with E-state index in [4.69, 9.17) is 5.41 Å². The molecule has 7 heteroatoms. The van der Waals surface area contributed by atoms with Crippen molar-refractivity contribution < 1.29 is 4.79 Å². The fraction of sp³-hybridized carbons (Fsp3) is 0.500. The van der Waals surface area contributed by atoms with Crippen LogP contribution in [0.4, 0.5) is 11.5 Å². The van der Waals surface area contributed by atoms with E-state index >= 15 is 0 Å². The Morgan fingerprint density at radius 2 is 2.19 bits per heavy atom. The number of hydrogen-bond acceptors (Lipinski definition) is 4. The standard InChI is InChI=1S/C14H22N6O/c1-3-19-7-6-13(21)20(9-8-19)11-4-5-12(17-10-11)18-14(15)16-2/h4-5,10H,3,6-9H2,1-2H3,(H3,15,16,17,18). The SMILES string of the molecule is CCN1CCC(=O)N(c2ccc(NC(=N)NC)nc2)CC1. The van der Waals surface area contributed by atoms with Gasteiger partial charge in [-0.25, -0.2) is 4.98 Å². The molecule has 2 rings (SSSR count). The Balaban J connectivity index is 2.06. The molecule has 1 aliphatic heterocycles. The molecular weight excluding hydrogens is 268 g/mol. The first-order chi connectivity index (χ1) is 10.1. The van der Waals surface area contributed by atoms with Crippen molar-refractivity contribution in [1.29, 1.82) is 5.41 Å². The number of rotatable bonds is 3. The first kappa shape index (κ1) is 15.2. The van der Waals surface area contributed by atoms with E-state index in [-0.39, 0.29) is 11.9 Å². The van der Waals surface area contributed by atoms with Gasteiger partial charge in [-0.2, -0.15) is 0 Å². The highest BCUT2D eigenvalue weighted by Crippen LogP contribution is 2.18. The lowest BCUT2D eigenvalue weighted by Gasteiger charge is -2.21. The number of nitrogens with zero attached hydrogens (tertiary/aromatic N) is 3. The molecule has 0 aliphatic carbocycles. The Morgan fingerprint density at radius 3 is 2.81 bits per heavy atom. The molecule has 3 N–H and O–H groups in total. The zero-order chi connectivity index (χ0) is 15.2. The molecule has 21 heavy (non-hydrogen) atoms. The van der Waals surface area contributed by atoms with Crippen molar-refractivity contribution in [3.63, 3.8) is 0 Å². The third kappa shape index (κ3) is 3.91. The highest BCUT2D eigenvalue weighted by atomic mass is 16.2. The summed E-state index contributed by atoms with van der Waals surface area (Å²) < 4.78 is 0. The summed E-state index contributed by atoms with van der Waals surface area (Å²) in [5.41, 5.74) is 0.805. The van der Waals surface area contributed by atoms with Gasteiger partial charge in [-0.1, -0.05) is 6.92 Å². The summed E-state index contributed by atoms with van der Waals surface area (Å²) in [5.74, 6) is 0.895. The number of anilines is 2. The average molecular weight is 290 g/mol. The lowest BCUT2D eigenvalue weighted by atomic mass is 10.3. The van der Waals surface area contributed by atoms with Crippen LogP contribution in [-0.4, -0.2) is 55.0 Å². The molecule has 1 fully saturated rings. The molecule has 1 aromatic rings. The van der Waals surface area contributed by atoms with Crippen LogP contribution in [0.5, 0.6) is 0 Å². The molecule has 1 amide bonds. The maximum Gasteiger partial charge on any atom is 0.228 e. The molecular formula is C14H22N6O. The van der Waals surface area contributed by atoms with E-state index in [1.807, 2.05) is 6.07 Å². The highest BCUT2D eigenvalue weighted by Gasteiger charge is 2.21. The van der Waals surface area contributed by atoms with Gasteiger partial charge < -0.3 is 20.4 Å². The molecule has 1 aliphatic rings. The number of amides is 1. The van der Waals surface area contributed by atoms with Gasteiger partial charge in [0.15, 0.2) is 5.96 Å². The van der Waals surface area contributed by atoms with Gasteiger partial charge >= 0.3 is 0 Å². The van der Waals surface area contributed by atoms with Gasteiger partial charge in [0.05, 0.1) is 11.9 Å². The molecule has 0 atom stereocenters. The maximum atomic E-state index is 12.2. The second-order valence-electron chi connectivity index (χ2n) is 4.88. The van der Waals surface area contributed by atoms with Gasteiger partial charge in [0, 0.05) is 33.1 Å². The number of nitrogens with one attached hydrogen (secondary N) is 3. The minimum atomic E-state index is 0.136. The Labute approximate surface area is 124 Å². The Morgan fingerprint density at radius 1 is 1.38 bits per heavy atom. The van der Waals surface area contributed by atoms with Crippen LogP contribution < -0.4 is 15.5 Å². The predicted octanol–water partition coefficient (Wildman–Crippen LogP) is 0.706. The van der Waals surface area contributed by atoms with Crippen molar-refractivity contribution in [3.8, 4) is 0 Å². The number of hydrogen-bond donors (Lipinski definition) is 3. The summed E-state index contributed by atoms with van der Waals surface area (Å²) in [4.78, 5) is 20.5. The molecule has 0 aromatic carbocycles. The quantitative estimate of drug-likeness (QED) is 0.564. The molecule has 0 unspecified atom stereocenters. The predicted molar refractivity (Wildman–Crippen MR) is 83.7 cm³/mol. The van der Waals surface area contributed by atoms with Crippen molar-refractivity contribution in [1.82, 2.24) is 15.2 Å². The van der Waals surface area contributed by atoms with Crippen molar-refractivity contribution >= 4 is 23.4 Å². The smallest absolute Gasteiger partial charge is 0.228 e. The van der Waals surface area contributed by atoms with Gasteiger partial charge in [-0.3, -0.25) is 10.2 Å². The summed E-state index contributed by atoms with van der Waals surface area (Å²) in [6.07, 6.45) is 2.21. The fourth-order valence-corrected chi connectivity index (χ4v) is 2.27. The number of carbonyl (C=O) groups is 1. The number of aromatic nitrogens is 1. The van der Waals surface area contributed by atoms with Gasteiger partial charge in [0.2, 0.25) is 5.91 Å². The Bertz CT molecular complexity index is 501. The molecule has 1 aromatic heterocycles. The summed E-state index contributed by atoms with van der Waals surface area (Å²) in [6.45, 7) is 5.46. The lowest BCUT2D eigenvalue weighted by molar-refractivity contribution is -0.118. The van der Waals surface area contributed by atoms with Crippen LogP contribution in [0, 0.1) is 5.41 Å². The molecule has 0 bridgehead atoms. The Kier molecular flexibility index (Phi) is 5.10. The molecule has 7 nitrogen and oxygen atoms in total. The van der Waals surface area contributed by atoms with Crippen LogP contribution in [0.2, 0.25) is 0 Å². The van der Waals surface area contributed by atoms with Crippen LogP contribution in [0.25, 0.3) is 0 Å². The van der Waals surface area contributed by atoms with E-state index in [2.05, 4.69) is 27.4 Å². The fourth-order valence-electron chi connectivity index (χ4n) is 2.27. The molecule has 0 saturated carbocycles. The third-order valence-electron chi connectivity index (χ3n) is 3.59. The highest BCUT2D eigenvalue weighted by molar-refractivity contribution is 5.94. The zero-order valence-corrected chi connectivity index (χ0v) is 12.5. The van der Waals surface area contributed by atoms with Crippen LogP contribution in [0.1, 0.15) is 13.3 Å². The van der Waals surface area contributed by atoms with Crippen LogP contribution in [0.15, 0.2) is 18.3 Å². The minimum absolute atomic E-state index is 0.136. The largest absolute Gasteiger partial charge is 0.359 e. The van der Waals surface area contributed by atoms with E-state index in [0.717, 1.165) is 25.3 Å².